The van der Waals surface area contributed by atoms with Crippen molar-refractivity contribution in [2.24, 2.45) is 22.7 Å². The molecule has 0 aliphatic heterocycles. The Morgan fingerprint density at radius 2 is 1.85 bits per heavy atom. The average Bonchev–Trinajstić information content (AvgIpc) is 3.32. The molecule has 0 N–H and O–H groups in total. The summed E-state index contributed by atoms with van der Waals surface area (Å²) < 4.78 is 7.94. The lowest BCUT2D eigenvalue weighted by molar-refractivity contribution is -0.180. The topological polar surface area (TPSA) is 44.1 Å². The van der Waals surface area contributed by atoms with E-state index in [1.54, 1.807) is 0 Å². The maximum Gasteiger partial charge on any atom is 0.312 e. The van der Waals surface area contributed by atoms with E-state index in [1.807, 2.05) is 6.92 Å². The first-order chi connectivity index (χ1) is 16.2. The van der Waals surface area contributed by atoms with Crippen LogP contribution < -0.4 is 0 Å². The summed E-state index contributed by atoms with van der Waals surface area (Å²) in [6, 6.07) is 8.65. The molecule has 4 heteroatoms. The molecule has 1 aromatic carbocycles. The molecule has 182 valence electrons. The molecule has 34 heavy (non-hydrogen) atoms. The first kappa shape index (κ1) is 22.4. The van der Waals surface area contributed by atoms with Gasteiger partial charge in [-0.15, -0.1) is 0 Å². The monoisotopic (exact) mass is 460 g/mol. The van der Waals surface area contributed by atoms with E-state index in [1.165, 1.54) is 54.6 Å². The van der Waals surface area contributed by atoms with Crippen molar-refractivity contribution in [3.05, 3.63) is 47.3 Å². The minimum absolute atomic E-state index is 0.0435. The number of carbonyl (C=O) groups is 1. The number of nitrogens with zero attached hydrogens (tertiary/aromatic N) is 2. The average molecular weight is 461 g/mol. The largest absolute Gasteiger partial charge is 0.466 e. The molecule has 0 saturated heterocycles. The lowest BCUT2D eigenvalue weighted by atomic mass is 9.40. The van der Waals surface area contributed by atoms with Crippen LogP contribution in [0.15, 0.2) is 30.5 Å². The second-order valence-electron chi connectivity index (χ2n) is 12.7. The van der Waals surface area contributed by atoms with Gasteiger partial charge in [-0.2, -0.15) is 5.10 Å². The van der Waals surface area contributed by atoms with E-state index >= 15 is 0 Å². The Labute approximate surface area is 204 Å². The fraction of sp³-hybridized carbons (Fsp3) is 0.667. The zero-order chi connectivity index (χ0) is 23.9. The molecule has 3 saturated carbocycles. The van der Waals surface area contributed by atoms with Gasteiger partial charge in [-0.05, 0) is 94.6 Å². The van der Waals surface area contributed by atoms with E-state index in [4.69, 9.17) is 9.84 Å². The number of hydrogen-bond acceptors (Lipinski definition) is 3. The number of fused-ring (bicyclic) bond motifs is 5. The molecule has 1 heterocycles. The highest BCUT2D eigenvalue weighted by atomic mass is 16.5. The van der Waals surface area contributed by atoms with Crippen LogP contribution in [0.25, 0.3) is 5.69 Å². The summed E-state index contributed by atoms with van der Waals surface area (Å²) in [5, 5.41) is 5.03. The Hall–Kier alpha value is -2.10. The van der Waals surface area contributed by atoms with Crippen LogP contribution in [0, 0.1) is 29.6 Å². The third-order valence-electron chi connectivity index (χ3n) is 11.0. The van der Waals surface area contributed by atoms with Gasteiger partial charge in [0.2, 0.25) is 0 Å². The SMILES string of the molecule is CCOC(=O)[C@]1(C)CCC[C@@]2(C)[C@@H]3CC[C@@]4(C)C[C@]3(CC[C@@H]21)c1cnn(-c2ccccc2C)c14. The number of para-hydroxylation sites is 1. The van der Waals surface area contributed by atoms with E-state index in [2.05, 4.69) is 62.8 Å². The van der Waals surface area contributed by atoms with Crippen molar-refractivity contribution >= 4 is 5.97 Å². The Bertz CT molecular complexity index is 1150. The second-order valence-corrected chi connectivity index (χ2v) is 12.7. The highest BCUT2D eigenvalue weighted by Gasteiger charge is 2.68. The molecule has 4 nitrogen and oxygen atoms in total. The van der Waals surface area contributed by atoms with Gasteiger partial charge in [0, 0.05) is 16.4 Å². The van der Waals surface area contributed by atoms with E-state index in [0.717, 1.165) is 19.3 Å². The van der Waals surface area contributed by atoms with Gasteiger partial charge in [0.25, 0.3) is 0 Å². The molecule has 2 aromatic rings. The third-order valence-corrected chi connectivity index (χ3v) is 11.0. The van der Waals surface area contributed by atoms with Crippen molar-refractivity contribution in [3.63, 3.8) is 0 Å². The van der Waals surface area contributed by atoms with Crippen LogP contribution in [-0.4, -0.2) is 22.4 Å². The summed E-state index contributed by atoms with van der Waals surface area (Å²) in [4.78, 5) is 13.2. The maximum atomic E-state index is 13.2. The molecular formula is C30H40N2O2. The van der Waals surface area contributed by atoms with Crippen LogP contribution in [0.1, 0.15) is 95.9 Å². The molecule has 1 aromatic heterocycles. The molecule has 6 atom stereocenters. The Morgan fingerprint density at radius 3 is 2.62 bits per heavy atom. The standard InChI is InChI=1S/C30H40N2O2/c1-6-34-26(33)29(5)15-9-14-28(4)23(29)13-17-30-19-27(3,16-12-24(28)30)25-21(30)18-31-32(25)22-11-8-7-10-20(22)2/h7-8,10-11,18,23-24H,6,9,12-17,19H2,1-5H3/t23-,24-,27-,28+,29+,30+/m0/s1. The summed E-state index contributed by atoms with van der Waals surface area (Å²) in [5.74, 6) is 1.06. The first-order valence-corrected chi connectivity index (χ1v) is 13.5. The highest BCUT2D eigenvalue weighted by Crippen LogP contribution is 2.73. The normalized spacial score (nSPS) is 40.3. The molecule has 6 rings (SSSR count). The van der Waals surface area contributed by atoms with Crippen molar-refractivity contribution in [1.82, 2.24) is 9.78 Å². The van der Waals surface area contributed by atoms with Gasteiger partial charge in [0.05, 0.1) is 29.6 Å². The molecular weight excluding hydrogens is 420 g/mol. The molecule has 3 fully saturated rings. The van der Waals surface area contributed by atoms with Crippen molar-refractivity contribution in [2.75, 3.05) is 6.61 Å². The van der Waals surface area contributed by atoms with Crippen LogP contribution in [0.4, 0.5) is 0 Å². The third kappa shape index (κ3) is 2.66. The lowest BCUT2D eigenvalue weighted by Crippen LogP contribution is -2.60. The number of aromatic nitrogens is 2. The van der Waals surface area contributed by atoms with Crippen LogP contribution in [-0.2, 0) is 20.4 Å². The Morgan fingerprint density at radius 1 is 1.09 bits per heavy atom. The van der Waals surface area contributed by atoms with Gasteiger partial charge >= 0.3 is 5.97 Å². The summed E-state index contributed by atoms with van der Waals surface area (Å²) in [6.45, 7) is 11.8. The zero-order valence-electron chi connectivity index (χ0n) is 21.6. The van der Waals surface area contributed by atoms with Gasteiger partial charge in [-0.1, -0.05) is 38.5 Å². The van der Waals surface area contributed by atoms with E-state index in [9.17, 15) is 4.79 Å². The predicted molar refractivity (Wildman–Crippen MR) is 134 cm³/mol. The number of hydrogen-bond donors (Lipinski definition) is 0. The highest BCUT2D eigenvalue weighted by molar-refractivity contribution is 5.77. The summed E-state index contributed by atoms with van der Waals surface area (Å²) >= 11 is 0. The minimum atomic E-state index is -0.349. The Balaban J connectivity index is 1.46. The molecule has 1 spiro atoms. The van der Waals surface area contributed by atoms with Crippen LogP contribution in [0.5, 0.6) is 0 Å². The van der Waals surface area contributed by atoms with Crippen molar-refractivity contribution < 1.29 is 9.53 Å². The molecule has 0 radical (unpaired) electrons. The van der Waals surface area contributed by atoms with E-state index in [-0.39, 0.29) is 27.6 Å². The van der Waals surface area contributed by atoms with Crippen LogP contribution in [0.2, 0.25) is 0 Å². The number of ether oxygens (including phenoxy) is 1. The molecule has 0 amide bonds. The van der Waals surface area contributed by atoms with Crippen LogP contribution >= 0.6 is 0 Å². The lowest BCUT2D eigenvalue weighted by Gasteiger charge is -2.64. The quantitative estimate of drug-likeness (QED) is 0.481. The predicted octanol–water partition coefficient (Wildman–Crippen LogP) is 6.66. The first-order valence-electron chi connectivity index (χ1n) is 13.5. The fourth-order valence-electron chi connectivity index (χ4n) is 9.69. The number of benzene rings is 1. The molecule has 4 aliphatic rings. The molecule has 4 aliphatic carbocycles. The minimum Gasteiger partial charge on any atom is -0.466 e. The second kappa shape index (κ2) is 7.21. The Kier molecular flexibility index (Phi) is 4.74. The summed E-state index contributed by atoms with van der Waals surface area (Å²) in [7, 11) is 0. The van der Waals surface area contributed by atoms with Crippen molar-refractivity contribution in [2.45, 2.75) is 96.8 Å². The number of carbonyl (C=O) groups excluding carboxylic acids is 1. The van der Waals surface area contributed by atoms with Gasteiger partial charge in [-0.3, -0.25) is 4.79 Å². The number of rotatable bonds is 3. The summed E-state index contributed by atoms with van der Waals surface area (Å²) in [5.41, 5.74) is 5.68. The van der Waals surface area contributed by atoms with Gasteiger partial charge < -0.3 is 4.74 Å². The summed E-state index contributed by atoms with van der Waals surface area (Å²) in [6.07, 6.45) is 11.6. The van der Waals surface area contributed by atoms with Crippen molar-refractivity contribution in [1.29, 1.82) is 0 Å². The number of esters is 1. The van der Waals surface area contributed by atoms with E-state index in [0.29, 0.717) is 18.4 Å². The van der Waals surface area contributed by atoms with Gasteiger partial charge in [0.1, 0.15) is 0 Å². The molecule has 2 bridgehead atoms. The molecule has 0 unspecified atom stereocenters. The van der Waals surface area contributed by atoms with Crippen molar-refractivity contribution in [3.8, 4) is 5.69 Å². The van der Waals surface area contributed by atoms with Gasteiger partial charge in [-0.25, -0.2) is 4.68 Å². The fourth-order valence-corrected chi connectivity index (χ4v) is 9.69. The smallest absolute Gasteiger partial charge is 0.312 e. The van der Waals surface area contributed by atoms with Gasteiger partial charge in [0.15, 0.2) is 0 Å². The van der Waals surface area contributed by atoms with E-state index < -0.39 is 0 Å². The van der Waals surface area contributed by atoms with Crippen LogP contribution in [0.3, 0.4) is 0 Å². The maximum absolute atomic E-state index is 13.2. The zero-order valence-corrected chi connectivity index (χ0v) is 21.6. The number of aryl methyl sites for hydroxylation is 1.